The lowest BCUT2D eigenvalue weighted by Crippen LogP contribution is -2.49. The fourth-order valence-electron chi connectivity index (χ4n) is 3.20. The number of ether oxygens (including phenoxy) is 1. The van der Waals surface area contributed by atoms with Gasteiger partial charge in [0, 0.05) is 32.5 Å². The van der Waals surface area contributed by atoms with Crippen LogP contribution in [0.2, 0.25) is 0 Å². The molecule has 24 heavy (non-hydrogen) atoms. The zero-order valence-electron chi connectivity index (χ0n) is 14.3. The average molecular weight is 326 g/mol. The van der Waals surface area contributed by atoms with Gasteiger partial charge < -0.3 is 18.6 Å². The highest BCUT2D eigenvalue weighted by Gasteiger charge is 2.29. The molecule has 0 unspecified atom stereocenters. The van der Waals surface area contributed by atoms with Crippen LogP contribution in [0.1, 0.15) is 25.4 Å². The number of anilines is 1. The van der Waals surface area contributed by atoms with E-state index in [4.69, 9.17) is 4.74 Å². The Morgan fingerprint density at radius 1 is 1.25 bits per heavy atom. The fraction of sp³-hybridized carbons (Fsp3) is 0.471. The van der Waals surface area contributed by atoms with Crippen LogP contribution in [0.15, 0.2) is 30.6 Å². The van der Waals surface area contributed by atoms with E-state index in [2.05, 4.69) is 38.5 Å². The van der Waals surface area contributed by atoms with Crippen LogP contribution in [0, 0.1) is 0 Å². The van der Waals surface area contributed by atoms with Gasteiger partial charge in [0.25, 0.3) is 0 Å². The molecule has 0 spiro atoms. The van der Waals surface area contributed by atoms with Gasteiger partial charge >= 0.3 is 0 Å². The minimum atomic E-state index is -0.161. The van der Waals surface area contributed by atoms with E-state index < -0.39 is 0 Å². The van der Waals surface area contributed by atoms with Gasteiger partial charge in [0.1, 0.15) is 11.5 Å². The first kappa shape index (κ1) is 15.1. The topological polar surface area (TPSA) is 60.5 Å². The van der Waals surface area contributed by atoms with Crippen LogP contribution >= 0.6 is 0 Å². The Balaban J connectivity index is 1.57. The zero-order valence-corrected chi connectivity index (χ0v) is 14.3. The Hall–Kier alpha value is -2.41. The summed E-state index contributed by atoms with van der Waals surface area (Å²) in [5.41, 5.74) is 1.78. The van der Waals surface area contributed by atoms with Crippen molar-refractivity contribution in [1.82, 2.24) is 24.1 Å². The molecule has 0 aromatic carbocycles. The third-order valence-corrected chi connectivity index (χ3v) is 4.40. The number of imidazole rings is 1. The predicted molar refractivity (Wildman–Crippen MR) is 91.2 cm³/mol. The smallest absolute Gasteiger partial charge is 0.227 e. The van der Waals surface area contributed by atoms with Crippen molar-refractivity contribution in [2.45, 2.75) is 25.9 Å². The molecule has 7 nitrogen and oxygen atoms in total. The maximum absolute atomic E-state index is 5.78. The van der Waals surface area contributed by atoms with Crippen molar-refractivity contribution in [2.24, 2.45) is 7.05 Å². The second kappa shape index (κ2) is 5.59. The van der Waals surface area contributed by atoms with E-state index in [-0.39, 0.29) is 5.60 Å². The van der Waals surface area contributed by atoms with Gasteiger partial charge in [0.2, 0.25) is 5.95 Å². The van der Waals surface area contributed by atoms with Crippen LogP contribution < -0.4 is 4.90 Å². The van der Waals surface area contributed by atoms with E-state index in [9.17, 15) is 0 Å². The standard InChI is InChI=1S/C17H22N6O/c1-17(2)12-23(8-9-24-17)16-20-19-15(21(16)3)10-13-11-22-7-5-4-6-14(22)18-13/h4-7,11H,8-10,12H2,1-3H3. The number of aromatic nitrogens is 5. The molecule has 0 N–H and O–H groups in total. The lowest BCUT2D eigenvalue weighted by Gasteiger charge is -2.38. The zero-order chi connectivity index (χ0) is 16.7. The second-order valence-corrected chi connectivity index (χ2v) is 6.88. The Morgan fingerprint density at radius 2 is 2.12 bits per heavy atom. The minimum Gasteiger partial charge on any atom is -0.372 e. The monoisotopic (exact) mass is 326 g/mol. The van der Waals surface area contributed by atoms with Gasteiger partial charge in [-0.15, -0.1) is 10.2 Å². The molecule has 1 aliphatic heterocycles. The maximum atomic E-state index is 5.78. The van der Waals surface area contributed by atoms with Crippen molar-refractivity contribution >= 4 is 11.6 Å². The maximum Gasteiger partial charge on any atom is 0.227 e. The first-order valence-corrected chi connectivity index (χ1v) is 8.22. The van der Waals surface area contributed by atoms with E-state index in [1.165, 1.54) is 0 Å². The summed E-state index contributed by atoms with van der Waals surface area (Å²) in [6.45, 7) is 6.57. The van der Waals surface area contributed by atoms with Crippen LogP contribution in [0.3, 0.4) is 0 Å². The first-order chi connectivity index (χ1) is 11.5. The lowest BCUT2D eigenvalue weighted by molar-refractivity contribution is -0.0282. The molecule has 7 heteroatoms. The summed E-state index contributed by atoms with van der Waals surface area (Å²) in [4.78, 5) is 6.88. The van der Waals surface area contributed by atoms with Crippen molar-refractivity contribution < 1.29 is 4.74 Å². The van der Waals surface area contributed by atoms with E-state index in [1.54, 1.807) is 0 Å². The average Bonchev–Trinajstić information content (AvgIpc) is 3.10. The molecule has 1 fully saturated rings. The Bertz CT molecular complexity index is 832. The summed E-state index contributed by atoms with van der Waals surface area (Å²) in [6.07, 6.45) is 4.71. The Kier molecular flexibility index (Phi) is 3.53. The van der Waals surface area contributed by atoms with Crippen LogP contribution in [0.5, 0.6) is 0 Å². The van der Waals surface area contributed by atoms with E-state index >= 15 is 0 Å². The second-order valence-electron chi connectivity index (χ2n) is 6.88. The highest BCUT2D eigenvalue weighted by atomic mass is 16.5. The van der Waals surface area contributed by atoms with Gasteiger partial charge in [0.15, 0.2) is 0 Å². The van der Waals surface area contributed by atoms with Crippen molar-refractivity contribution in [2.75, 3.05) is 24.6 Å². The van der Waals surface area contributed by atoms with Gasteiger partial charge in [-0.1, -0.05) is 6.07 Å². The highest BCUT2D eigenvalue weighted by Crippen LogP contribution is 2.22. The van der Waals surface area contributed by atoms with Crippen LogP contribution in [-0.2, 0) is 18.2 Å². The largest absolute Gasteiger partial charge is 0.372 e. The molecule has 3 aromatic rings. The molecule has 0 saturated carbocycles. The minimum absolute atomic E-state index is 0.161. The SMILES string of the molecule is Cn1c(Cc2cn3ccccc3n2)nnc1N1CCOC(C)(C)C1. The first-order valence-electron chi connectivity index (χ1n) is 8.22. The fourth-order valence-corrected chi connectivity index (χ4v) is 3.20. The van der Waals surface area contributed by atoms with Crippen LogP contribution in [0.25, 0.3) is 5.65 Å². The number of rotatable bonds is 3. The molecule has 126 valence electrons. The van der Waals surface area contributed by atoms with Crippen molar-refractivity contribution in [3.63, 3.8) is 0 Å². The van der Waals surface area contributed by atoms with Crippen molar-refractivity contribution in [1.29, 1.82) is 0 Å². The molecule has 0 bridgehead atoms. The Labute approximate surface area is 140 Å². The molecule has 0 amide bonds. The summed E-state index contributed by atoms with van der Waals surface area (Å²) in [5.74, 6) is 1.81. The van der Waals surface area contributed by atoms with Gasteiger partial charge in [-0.25, -0.2) is 4.98 Å². The number of fused-ring (bicyclic) bond motifs is 1. The quantitative estimate of drug-likeness (QED) is 0.733. The molecule has 3 aromatic heterocycles. The molecule has 4 heterocycles. The molecule has 0 aliphatic carbocycles. The summed E-state index contributed by atoms with van der Waals surface area (Å²) in [6, 6.07) is 5.99. The Morgan fingerprint density at radius 3 is 2.92 bits per heavy atom. The lowest BCUT2D eigenvalue weighted by atomic mass is 10.1. The number of pyridine rings is 1. The van der Waals surface area contributed by atoms with Gasteiger partial charge in [-0.3, -0.25) is 0 Å². The molecular weight excluding hydrogens is 304 g/mol. The normalized spacial score (nSPS) is 17.5. The molecular formula is C17H22N6O. The highest BCUT2D eigenvalue weighted by molar-refractivity contribution is 5.40. The third kappa shape index (κ3) is 2.75. The van der Waals surface area contributed by atoms with Gasteiger partial charge in [-0.05, 0) is 26.0 Å². The molecule has 0 radical (unpaired) electrons. The molecule has 1 aliphatic rings. The third-order valence-electron chi connectivity index (χ3n) is 4.40. The van der Waals surface area contributed by atoms with E-state index in [1.807, 2.05) is 42.0 Å². The summed E-state index contributed by atoms with van der Waals surface area (Å²) >= 11 is 0. The van der Waals surface area contributed by atoms with Gasteiger partial charge in [0.05, 0.1) is 24.3 Å². The number of hydrogen-bond acceptors (Lipinski definition) is 5. The molecule has 0 atom stereocenters. The van der Waals surface area contributed by atoms with Crippen molar-refractivity contribution in [3.8, 4) is 0 Å². The molecule has 4 rings (SSSR count). The summed E-state index contributed by atoms with van der Waals surface area (Å²) < 4.78 is 9.87. The number of hydrogen-bond donors (Lipinski definition) is 0. The molecule has 1 saturated heterocycles. The van der Waals surface area contributed by atoms with Crippen molar-refractivity contribution in [3.05, 3.63) is 42.1 Å². The summed E-state index contributed by atoms with van der Waals surface area (Å²) in [7, 11) is 2.02. The van der Waals surface area contributed by atoms with Crippen LogP contribution in [-0.4, -0.2) is 49.4 Å². The number of morpholine rings is 1. The van der Waals surface area contributed by atoms with Gasteiger partial charge in [-0.2, -0.15) is 0 Å². The van der Waals surface area contributed by atoms with E-state index in [0.29, 0.717) is 13.0 Å². The predicted octanol–water partition coefficient (Wildman–Crippen LogP) is 1.67. The summed E-state index contributed by atoms with van der Waals surface area (Å²) in [5, 5.41) is 8.79. The van der Waals surface area contributed by atoms with E-state index in [0.717, 1.165) is 36.2 Å². The van der Waals surface area contributed by atoms with Crippen LogP contribution in [0.4, 0.5) is 5.95 Å². The number of nitrogens with zero attached hydrogens (tertiary/aromatic N) is 6.